The van der Waals surface area contributed by atoms with Gasteiger partial charge in [0.1, 0.15) is 0 Å². The highest BCUT2D eigenvalue weighted by atomic mass is 19.4. The number of carboxylic acid groups (broad SMARTS) is 1. The molecule has 0 radical (unpaired) electrons. The second-order valence-electron chi connectivity index (χ2n) is 8.61. The molecule has 0 spiro atoms. The molecule has 3 aromatic rings. The number of aliphatic carboxylic acids is 1. The molecule has 1 aromatic carbocycles. The Labute approximate surface area is 210 Å². The van der Waals surface area contributed by atoms with Crippen LogP contribution in [0.2, 0.25) is 0 Å². The number of hydrogen-bond donors (Lipinski definition) is 3. The quantitative estimate of drug-likeness (QED) is 0.365. The molecule has 2 heterocycles. The molecule has 2 atom stereocenters. The zero-order chi connectivity index (χ0) is 27.3. The lowest BCUT2D eigenvalue weighted by Gasteiger charge is -2.13. The fourth-order valence-electron chi connectivity index (χ4n) is 3.72. The van der Waals surface area contributed by atoms with Gasteiger partial charge in [-0.2, -0.15) is 23.3 Å². The maximum atomic E-state index is 13.5. The Morgan fingerprint density at radius 3 is 2.57 bits per heavy atom. The van der Waals surface area contributed by atoms with Gasteiger partial charge in [-0.15, -0.1) is 0 Å². The number of hydrogen-bond acceptors (Lipinski definition) is 7. The number of aliphatic hydroxyl groups excluding tert-OH is 2. The van der Waals surface area contributed by atoms with E-state index >= 15 is 0 Å². The van der Waals surface area contributed by atoms with Crippen molar-refractivity contribution >= 4 is 12.0 Å². The van der Waals surface area contributed by atoms with E-state index in [0.717, 1.165) is 12.1 Å². The Balaban J connectivity index is 2.20. The van der Waals surface area contributed by atoms with Crippen molar-refractivity contribution in [2.24, 2.45) is 0 Å². The second kappa shape index (κ2) is 11.5. The molecule has 3 N–H and O–H groups in total. The third-order valence-electron chi connectivity index (χ3n) is 5.39. The minimum atomic E-state index is -4.58. The summed E-state index contributed by atoms with van der Waals surface area (Å²) in [4.78, 5) is 19.0. The van der Waals surface area contributed by atoms with Crippen LogP contribution in [0.5, 0.6) is 6.01 Å². The molecule has 0 aliphatic heterocycles. The van der Waals surface area contributed by atoms with Gasteiger partial charge in [-0.25, -0.2) is 9.67 Å². The summed E-state index contributed by atoms with van der Waals surface area (Å²) in [6, 6.07) is 6.33. The number of benzene rings is 1. The molecule has 9 nitrogen and oxygen atoms in total. The SMILES string of the molecule is COc1nccc(-n2nc(C(C)C)c(C=CC(O)CC(O)CC(=O)O)c2-c2cccc(C(F)(F)F)c2)n1. The number of rotatable bonds is 10. The molecule has 0 saturated carbocycles. The zero-order valence-electron chi connectivity index (χ0n) is 20.3. The number of alkyl halides is 3. The molecule has 37 heavy (non-hydrogen) atoms. The van der Waals surface area contributed by atoms with Gasteiger partial charge in [-0.1, -0.05) is 38.1 Å². The third-order valence-corrected chi connectivity index (χ3v) is 5.39. The largest absolute Gasteiger partial charge is 0.481 e. The first-order chi connectivity index (χ1) is 17.4. The van der Waals surface area contributed by atoms with Gasteiger partial charge in [-0.05, 0) is 18.1 Å². The zero-order valence-corrected chi connectivity index (χ0v) is 20.3. The number of ether oxygens (including phenoxy) is 1. The van der Waals surface area contributed by atoms with Crippen LogP contribution in [-0.2, 0) is 11.0 Å². The molecular formula is C25H27F3N4O5. The summed E-state index contributed by atoms with van der Waals surface area (Å²) in [5.74, 6) is -1.14. The van der Waals surface area contributed by atoms with E-state index in [9.17, 15) is 28.2 Å². The van der Waals surface area contributed by atoms with Crippen LogP contribution in [0.4, 0.5) is 13.2 Å². The summed E-state index contributed by atoms with van der Waals surface area (Å²) in [7, 11) is 1.38. The van der Waals surface area contributed by atoms with E-state index in [-0.39, 0.29) is 35.4 Å². The van der Waals surface area contributed by atoms with E-state index in [4.69, 9.17) is 9.84 Å². The first kappa shape index (κ1) is 27.8. The first-order valence-electron chi connectivity index (χ1n) is 11.3. The molecule has 198 valence electrons. The smallest absolute Gasteiger partial charge is 0.416 e. The van der Waals surface area contributed by atoms with Crippen molar-refractivity contribution in [2.45, 2.75) is 51.0 Å². The van der Waals surface area contributed by atoms with Gasteiger partial charge in [0, 0.05) is 29.8 Å². The highest BCUT2D eigenvalue weighted by Gasteiger charge is 2.31. The number of methoxy groups -OCH3 is 1. The summed E-state index contributed by atoms with van der Waals surface area (Å²) in [5, 5.41) is 33.7. The lowest BCUT2D eigenvalue weighted by atomic mass is 9.97. The van der Waals surface area contributed by atoms with Crippen LogP contribution in [0.15, 0.2) is 42.6 Å². The van der Waals surface area contributed by atoms with Crippen LogP contribution in [-0.4, -0.2) is 60.4 Å². The van der Waals surface area contributed by atoms with Crippen molar-refractivity contribution in [1.82, 2.24) is 19.7 Å². The Morgan fingerprint density at radius 1 is 1.22 bits per heavy atom. The van der Waals surface area contributed by atoms with Crippen molar-refractivity contribution in [1.29, 1.82) is 0 Å². The predicted octanol–water partition coefficient (Wildman–Crippen LogP) is 4.08. The molecule has 3 rings (SSSR count). The Bertz CT molecular complexity index is 1270. The normalized spacial score (nSPS) is 13.8. The maximum absolute atomic E-state index is 13.5. The summed E-state index contributed by atoms with van der Waals surface area (Å²) in [5.41, 5.74) is 0.575. The number of aromatic nitrogens is 4. The molecule has 0 amide bonds. The summed E-state index contributed by atoms with van der Waals surface area (Å²) in [6.45, 7) is 3.71. The third kappa shape index (κ3) is 6.92. The Morgan fingerprint density at radius 2 is 1.95 bits per heavy atom. The highest BCUT2D eigenvalue weighted by Crippen LogP contribution is 2.37. The van der Waals surface area contributed by atoms with Gasteiger partial charge in [-0.3, -0.25) is 4.79 Å². The van der Waals surface area contributed by atoms with Crippen LogP contribution in [0.1, 0.15) is 49.4 Å². The lowest BCUT2D eigenvalue weighted by Crippen LogP contribution is -2.19. The fraction of sp³-hybridized carbons (Fsp3) is 0.360. The van der Waals surface area contributed by atoms with E-state index in [2.05, 4.69) is 15.1 Å². The number of aliphatic hydroxyl groups is 2. The average Bonchev–Trinajstić information content (AvgIpc) is 3.21. The van der Waals surface area contributed by atoms with E-state index in [1.807, 2.05) is 13.8 Å². The van der Waals surface area contributed by atoms with Gasteiger partial charge < -0.3 is 20.1 Å². The van der Waals surface area contributed by atoms with Crippen LogP contribution < -0.4 is 4.74 Å². The fourth-order valence-corrected chi connectivity index (χ4v) is 3.72. The van der Waals surface area contributed by atoms with Gasteiger partial charge >= 0.3 is 18.2 Å². The van der Waals surface area contributed by atoms with E-state index < -0.39 is 36.3 Å². The monoisotopic (exact) mass is 520 g/mol. The molecule has 0 saturated heterocycles. The van der Waals surface area contributed by atoms with E-state index in [0.29, 0.717) is 11.3 Å². The molecular weight excluding hydrogens is 493 g/mol. The second-order valence-corrected chi connectivity index (χ2v) is 8.61. The number of carbonyl (C=O) groups is 1. The highest BCUT2D eigenvalue weighted by molar-refractivity contribution is 5.76. The molecule has 0 bridgehead atoms. The van der Waals surface area contributed by atoms with Crippen molar-refractivity contribution < 1.29 is 38.0 Å². The molecule has 0 fully saturated rings. The minimum Gasteiger partial charge on any atom is -0.481 e. The minimum absolute atomic E-state index is 0.0361. The molecule has 12 heteroatoms. The van der Waals surface area contributed by atoms with Crippen LogP contribution in [0.25, 0.3) is 23.2 Å². The Hall–Kier alpha value is -3.77. The van der Waals surface area contributed by atoms with Crippen molar-refractivity contribution in [3.63, 3.8) is 0 Å². The van der Waals surface area contributed by atoms with Gasteiger partial charge in [0.15, 0.2) is 5.82 Å². The Kier molecular flexibility index (Phi) is 8.66. The van der Waals surface area contributed by atoms with Crippen LogP contribution >= 0.6 is 0 Å². The summed E-state index contributed by atoms with van der Waals surface area (Å²) in [6.07, 6.45) is -3.57. The van der Waals surface area contributed by atoms with Crippen LogP contribution in [0.3, 0.4) is 0 Å². The van der Waals surface area contributed by atoms with Crippen molar-refractivity contribution in [3.8, 4) is 23.1 Å². The topological polar surface area (TPSA) is 131 Å². The van der Waals surface area contributed by atoms with Crippen LogP contribution in [0, 0.1) is 0 Å². The molecule has 0 aliphatic rings. The summed E-state index contributed by atoms with van der Waals surface area (Å²) >= 11 is 0. The number of halogens is 3. The molecule has 2 aromatic heterocycles. The number of carboxylic acids is 1. The van der Waals surface area contributed by atoms with Crippen molar-refractivity contribution in [3.05, 3.63) is 59.4 Å². The predicted molar refractivity (Wildman–Crippen MR) is 128 cm³/mol. The van der Waals surface area contributed by atoms with Gasteiger partial charge in [0.2, 0.25) is 0 Å². The average molecular weight is 521 g/mol. The number of nitrogens with zero attached hydrogens (tertiary/aromatic N) is 4. The summed E-state index contributed by atoms with van der Waals surface area (Å²) < 4.78 is 47.1. The molecule has 2 unspecified atom stereocenters. The van der Waals surface area contributed by atoms with E-state index in [1.165, 1.54) is 48.3 Å². The maximum Gasteiger partial charge on any atom is 0.416 e. The van der Waals surface area contributed by atoms with Gasteiger partial charge in [0.05, 0.1) is 42.7 Å². The lowest BCUT2D eigenvalue weighted by molar-refractivity contribution is -0.139. The molecule has 0 aliphatic carbocycles. The van der Waals surface area contributed by atoms with Crippen molar-refractivity contribution in [2.75, 3.05) is 7.11 Å². The standard InChI is InChI=1S/C25H27F3N4O5/c1-14(2)22-19(8-7-17(33)12-18(34)13-21(35)36)23(15-5-4-6-16(11-15)25(26,27)28)32(31-22)20-9-10-29-24(30-20)37-3/h4-11,14,17-18,33-34H,12-13H2,1-3H3,(H,35,36). The van der Waals surface area contributed by atoms with Gasteiger partial charge in [0.25, 0.3) is 0 Å². The first-order valence-corrected chi connectivity index (χ1v) is 11.3. The van der Waals surface area contributed by atoms with E-state index in [1.54, 1.807) is 0 Å².